The van der Waals surface area contributed by atoms with Crippen molar-refractivity contribution in [1.29, 1.82) is 0 Å². The molecule has 1 saturated carbocycles. The van der Waals surface area contributed by atoms with Crippen molar-refractivity contribution in [2.24, 2.45) is 5.73 Å². The lowest BCUT2D eigenvalue weighted by molar-refractivity contribution is 0.209. The van der Waals surface area contributed by atoms with Crippen LogP contribution in [0.15, 0.2) is 24.3 Å². The van der Waals surface area contributed by atoms with Crippen molar-refractivity contribution in [1.82, 2.24) is 4.90 Å². The predicted octanol–water partition coefficient (Wildman–Crippen LogP) is 2.58. The Labute approximate surface area is 115 Å². The van der Waals surface area contributed by atoms with E-state index < -0.39 is 0 Å². The molecule has 0 bridgehead atoms. The van der Waals surface area contributed by atoms with Gasteiger partial charge < -0.3 is 10.6 Å². The second-order valence-corrected chi connectivity index (χ2v) is 4.93. The predicted molar refractivity (Wildman–Crippen MR) is 78.2 cm³/mol. The van der Waals surface area contributed by atoms with Crippen LogP contribution in [0.3, 0.4) is 0 Å². The first-order chi connectivity index (χ1) is 9.21. The summed E-state index contributed by atoms with van der Waals surface area (Å²) in [6, 6.07) is 8.49. The minimum Gasteiger partial charge on any atom is -0.326 e. The number of carbonyl (C=O) groups excluding carboxylic acids is 1. The van der Waals surface area contributed by atoms with Gasteiger partial charge in [0.2, 0.25) is 0 Å². The third kappa shape index (κ3) is 3.07. The Morgan fingerprint density at radius 1 is 1.21 bits per heavy atom. The van der Waals surface area contributed by atoms with Gasteiger partial charge in [-0.3, -0.25) is 4.90 Å². The fourth-order valence-electron chi connectivity index (χ4n) is 2.25. The van der Waals surface area contributed by atoms with Crippen LogP contribution in [0.5, 0.6) is 0 Å². The summed E-state index contributed by atoms with van der Waals surface area (Å²) in [7, 11) is 0. The molecule has 1 fully saturated rings. The number of rotatable bonds is 5. The molecule has 4 heteroatoms. The lowest BCUT2D eigenvalue weighted by atomic mass is 10.2. The van der Waals surface area contributed by atoms with E-state index >= 15 is 0 Å². The van der Waals surface area contributed by atoms with Crippen LogP contribution in [-0.2, 0) is 6.54 Å². The first-order valence-corrected chi connectivity index (χ1v) is 7.08. The molecule has 0 aromatic heterocycles. The average molecular weight is 261 g/mol. The number of urea groups is 1. The van der Waals surface area contributed by atoms with E-state index in [0.29, 0.717) is 12.6 Å². The Kier molecular flexibility index (Phi) is 4.43. The van der Waals surface area contributed by atoms with Crippen LogP contribution in [0.1, 0.15) is 32.3 Å². The number of nitrogens with two attached hydrogens (primary N) is 1. The normalized spacial score (nSPS) is 14.3. The number of hydrogen-bond donors (Lipinski definition) is 1. The molecule has 4 nitrogen and oxygen atoms in total. The zero-order valence-electron chi connectivity index (χ0n) is 11.8. The maximum atomic E-state index is 12.6. The zero-order valence-corrected chi connectivity index (χ0v) is 11.8. The van der Waals surface area contributed by atoms with E-state index in [9.17, 15) is 4.79 Å². The number of hydrogen-bond acceptors (Lipinski definition) is 2. The quantitative estimate of drug-likeness (QED) is 0.885. The van der Waals surface area contributed by atoms with Gasteiger partial charge in [-0.15, -0.1) is 0 Å². The minimum absolute atomic E-state index is 0.119. The molecule has 1 aliphatic carbocycles. The summed E-state index contributed by atoms with van der Waals surface area (Å²) in [5.41, 5.74) is 7.69. The molecule has 0 heterocycles. The maximum absolute atomic E-state index is 12.6. The van der Waals surface area contributed by atoms with Gasteiger partial charge in [0.1, 0.15) is 0 Å². The van der Waals surface area contributed by atoms with Crippen LogP contribution < -0.4 is 10.6 Å². The van der Waals surface area contributed by atoms with Gasteiger partial charge in [-0.05, 0) is 44.4 Å². The molecule has 0 atom stereocenters. The lowest BCUT2D eigenvalue weighted by Crippen LogP contribution is -2.44. The molecule has 2 rings (SSSR count). The van der Waals surface area contributed by atoms with Crippen molar-refractivity contribution in [2.75, 3.05) is 18.0 Å². The van der Waals surface area contributed by atoms with E-state index in [4.69, 9.17) is 5.73 Å². The second-order valence-electron chi connectivity index (χ2n) is 4.93. The number of carbonyl (C=O) groups is 1. The molecule has 1 aliphatic rings. The Morgan fingerprint density at radius 2 is 1.79 bits per heavy atom. The summed E-state index contributed by atoms with van der Waals surface area (Å²) in [6.07, 6.45) is 2.21. The number of nitrogens with zero attached hydrogens (tertiary/aromatic N) is 2. The summed E-state index contributed by atoms with van der Waals surface area (Å²) in [5.74, 6) is 0. The van der Waals surface area contributed by atoms with Crippen LogP contribution in [-0.4, -0.2) is 30.1 Å². The number of anilines is 1. The molecule has 19 heavy (non-hydrogen) atoms. The van der Waals surface area contributed by atoms with Crippen molar-refractivity contribution in [3.63, 3.8) is 0 Å². The van der Waals surface area contributed by atoms with E-state index in [0.717, 1.165) is 37.2 Å². The number of benzene rings is 1. The van der Waals surface area contributed by atoms with Gasteiger partial charge in [0.15, 0.2) is 0 Å². The summed E-state index contributed by atoms with van der Waals surface area (Å²) in [4.78, 5) is 16.4. The van der Waals surface area contributed by atoms with E-state index in [1.807, 2.05) is 47.9 Å². The summed E-state index contributed by atoms with van der Waals surface area (Å²) in [5, 5.41) is 0. The van der Waals surface area contributed by atoms with Gasteiger partial charge in [0.05, 0.1) is 0 Å². The zero-order chi connectivity index (χ0) is 13.8. The molecule has 1 aromatic rings. The molecule has 1 aromatic carbocycles. The topological polar surface area (TPSA) is 49.6 Å². The highest BCUT2D eigenvalue weighted by atomic mass is 16.2. The van der Waals surface area contributed by atoms with Crippen molar-refractivity contribution < 1.29 is 4.79 Å². The monoisotopic (exact) mass is 261 g/mol. The highest BCUT2D eigenvalue weighted by Gasteiger charge is 2.35. The lowest BCUT2D eigenvalue weighted by Gasteiger charge is -2.29. The molecule has 0 radical (unpaired) electrons. The van der Waals surface area contributed by atoms with Crippen LogP contribution >= 0.6 is 0 Å². The molecule has 2 N–H and O–H groups in total. The largest absolute Gasteiger partial charge is 0.326 e. The van der Waals surface area contributed by atoms with E-state index in [2.05, 4.69) is 0 Å². The van der Waals surface area contributed by atoms with Gasteiger partial charge in [0, 0.05) is 31.4 Å². The molecule has 0 spiro atoms. The molecule has 2 amide bonds. The van der Waals surface area contributed by atoms with Crippen LogP contribution in [0.4, 0.5) is 10.5 Å². The summed E-state index contributed by atoms with van der Waals surface area (Å²) in [6.45, 7) is 6.07. The summed E-state index contributed by atoms with van der Waals surface area (Å²) >= 11 is 0. The van der Waals surface area contributed by atoms with E-state index in [1.165, 1.54) is 0 Å². The molecule has 0 aliphatic heterocycles. The van der Waals surface area contributed by atoms with E-state index in [-0.39, 0.29) is 6.03 Å². The third-order valence-electron chi connectivity index (χ3n) is 3.60. The van der Waals surface area contributed by atoms with Crippen LogP contribution in [0.2, 0.25) is 0 Å². The first-order valence-electron chi connectivity index (χ1n) is 7.08. The highest BCUT2D eigenvalue weighted by Crippen LogP contribution is 2.32. The van der Waals surface area contributed by atoms with E-state index in [1.54, 1.807) is 0 Å². The van der Waals surface area contributed by atoms with Crippen molar-refractivity contribution in [2.45, 2.75) is 39.3 Å². The maximum Gasteiger partial charge on any atom is 0.324 e. The smallest absolute Gasteiger partial charge is 0.324 e. The van der Waals surface area contributed by atoms with Crippen LogP contribution in [0.25, 0.3) is 0 Å². The van der Waals surface area contributed by atoms with Crippen molar-refractivity contribution in [3.05, 3.63) is 29.8 Å². The van der Waals surface area contributed by atoms with Crippen molar-refractivity contribution in [3.8, 4) is 0 Å². The molecular weight excluding hydrogens is 238 g/mol. The van der Waals surface area contributed by atoms with Gasteiger partial charge in [0.25, 0.3) is 0 Å². The third-order valence-corrected chi connectivity index (χ3v) is 3.60. The molecule has 0 saturated heterocycles. The van der Waals surface area contributed by atoms with Gasteiger partial charge in [-0.2, -0.15) is 0 Å². The fraction of sp³-hybridized carbons (Fsp3) is 0.533. The van der Waals surface area contributed by atoms with Gasteiger partial charge in [-0.1, -0.05) is 12.1 Å². The molecular formula is C15H23N3O. The first kappa shape index (κ1) is 13.9. The SMILES string of the molecule is CCN(CC)C(=O)N(c1ccc(CN)cc1)C1CC1. The standard InChI is InChI=1S/C15H23N3O/c1-3-17(4-2)15(19)18(14-9-10-14)13-7-5-12(11-16)6-8-13/h5-8,14H,3-4,9-11,16H2,1-2H3. The summed E-state index contributed by atoms with van der Waals surface area (Å²) < 4.78 is 0. The van der Waals surface area contributed by atoms with Crippen molar-refractivity contribution >= 4 is 11.7 Å². The average Bonchev–Trinajstić information content (AvgIpc) is 3.26. The van der Waals surface area contributed by atoms with Gasteiger partial charge >= 0.3 is 6.03 Å². The van der Waals surface area contributed by atoms with Gasteiger partial charge in [-0.25, -0.2) is 4.79 Å². The second kappa shape index (κ2) is 6.06. The molecule has 0 unspecified atom stereocenters. The Bertz CT molecular complexity index is 422. The number of amides is 2. The minimum atomic E-state index is 0.119. The Morgan fingerprint density at radius 3 is 2.21 bits per heavy atom. The molecule has 104 valence electrons. The fourth-order valence-corrected chi connectivity index (χ4v) is 2.25. The van der Waals surface area contributed by atoms with Crippen LogP contribution in [0, 0.1) is 0 Å². The highest BCUT2D eigenvalue weighted by molar-refractivity contribution is 5.93. The Balaban J connectivity index is 2.21. The Hall–Kier alpha value is -1.55.